The Morgan fingerprint density at radius 1 is 1.41 bits per heavy atom. The highest BCUT2D eigenvalue weighted by atomic mass is 19.3. The van der Waals surface area contributed by atoms with Crippen molar-refractivity contribution >= 4 is 0 Å². The summed E-state index contributed by atoms with van der Waals surface area (Å²) in [6.07, 6.45) is -1.37. The highest BCUT2D eigenvalue weighted by Gasteiger charge is 2.46. The molecular weight excluding hydrogens is 232 g/mol. The number of hydrogen-bond donors (Lipinski definition) is 1. The van der Waals surface area contributed by atoms with Crippen molar-refractivity contribution in [2.75, 3.05) is 26.8 Å². The van der Waals surface area contributed by atoms with Gasteiger partial charge in [0.05, 0.1) is 25.9 Å². The minimum atomic E-state index is -2.39. The van der Waals surface area contributed by atoms with Crippen LogP contribution in [-0.4, -0.2) is 61.2 Å². The molecule has 2 rings (SSSR count). The number of nitrogens with zero attached hydrogens (tertiary/aromatic N) is 1. The van der Waals surface area contributed by atoms with Crippen LogP contribution in [-0.2, 0) is 9.47 Å². The molecule has 0 aromatic heterocycles. The topological polar surface area (TPSA) is 41.9 Å². The zero-order valence-corrected chi connectivity index (χ0v) is 9.94. The van der Waals surface area contributed by atoms with Gasteiger partial charge < -0.3 is 14.6 Å². The van der Waals surface area contributed by atoms with Gasteiger partial charge in [-0.1, -0.05) is 0 Å². The molecule has 6 heteroatoms. The van der Waals surface area contributed by atoms with Crippen LogP contribution in [0.25, 0.3) is 0 Å². The Balaban J connectivity index is 1.99. The number of aliphatic hydroxyl groups is 1. The molecule has 1 spiro atoms. The van der Waals surface area contributed by atoms with E-state index in [9.17, 15) is 13.9 Å². The molecule has 0 aromatic rings. The third-order valence-corrected chi connectivity index (χ3v) is 3.59. The molecule has 2 atom stereocenters. The van der Waals surface area contributed by atoms with Crippen molar-refractivity contribution in [3.05, 3.63) is 0 Å². The minimum Gasteiger partial charge on any atom is -0.391 e. The lowest BCUT2D eigenvalue weighted by atomic mass is 9.86. The van der Waals surface area contributed by atoms with Crippen LogP contribution < -0.4 is 0 Å². The second-order valence-corrected chi connectivity index (χ2v) is 4.82. The molecule has 1 aliphatic heterocycles. The fraction of sp³-hybridized carbons (Fsp3) is 1.00. The van der Waals surface area contributed by atoms with Gasteiger partial charge in [-0.3, -0.25) is 4.90 Å². The summed E-state index contributed by atoms with van der Waals surface area (Å²) in [5.41, 5.74) is 0. The normalized spacial score (nSPS) is 32.8. The molecule has 0 amide bonds. The second-order valence-electron chi connectivity index (χ2n) is 4.82. The van der Waals surface area contributed by atoms with Crippen molar-refractivity contribution in [1.82, 2.24) is 4.90 Å². The number of alkyl halides is 2. The minimum absolute atomic E-state index is 0.323. The molecule has 1 heterocycles. The summed E-state index contributed by atoms with van der Waals surface area (Å²) in [6, 6.07) is -0.323. The fourth-order valence-corrected chi connectivity index (χ4v) is 2.68. The third kappa shape index (κ3) is 2.93. The standard InChI is InChI=1S/C11H19F2NO3/c1-14(7-10(12)13)8-6-11(3-2-9(8)15)16-4-5-17-11/h8-10,15H,2-7H2,1H3. The maximum atomic E-state index is 12.4. The largest absolute Gasteiger partial charge is 0.391 e. The number of likely N-dealkylation sites (N-methyl/N-ethyl adjacent to an activating group) is 1. The predicted molar refractivity (Wildman–Crippen MR) is 56.9 cm³/mol. The maximum absolute atomic E-state index is 12.4. The van der Waals surface area contributed by atoms with Crippen LogP contribution in [0.1, 0.15) is 19.3 Å². The molecule has 1 aliphatic carbocycles. The molecule has 100 valence electrons. The second kappa shape index (κ2) is 5.14. The average molecular weight is 251 g/mol. The Bertz CT molecular complexity index is 259. The summed E-state index contributed by atoms with van der Waals surface area (Å²) >= 11 is 0. The zero-order valence-electron chi connectivity index (χ0n) is 9.94. The van der Waals surface area contributed by atoms with Crippen molar-refractivity contribution in [2.45, 2.75) is 43.6 Å². The lowest BCUT2D eigenvalue weighted by Crippen LogP contribution is -2.53. The Hall–Kier alpha value is -0.300. The lowest BCUT2D eigenvalue weighted by molar-refractivity contribution is -0.205. The van der Waals surface area contributed by atoms with E-state index in [2.05, 4.69) is 0 Å². The first-order valence-electron chi connectivity index (χ1n) is 5.97. The first kappa shape index (κ1) is 13.1. The van der Waals surface area contributed by atoms with E-state index in [1.807, 2.05) is 0 Å². The molecule has 4 nitrogen and oxygen atoms in total. The van der Waals surface area contributed by atoms with Gasteiger partial charge in [-0.05, 0) is 13.5 Å². The van der Waals surface area contributed by atoms with Gasteiger partial charge in [0.15, 0.2) is 5.79 Å². The third-order valence-electron chi connectivity index (χ3n) is 3.59. The summed E-state index contributed by atoms with van der Waals surface area (Å²) in [4.78, 5) is 1.50. The summed E-state index contributed by atoms with van der Waals surface area (Å²) in [6.45, 7) is 0.751. The van der Waals surface area contributed by atoms with Gasteiger partial charge in [0, 0.05) is 18.9 Å². The number of ether oxygens (including phenoxy) is 2. The van der Waals surface area contributed by atoms with E-state index < -0.39 is 18.3 Å². The van der Waals surface area contributed by atoms with Gasteiger partial charge in [0.2, 0.25) is 0 Å². The van der Waals surface area contributed by atoms with Crippen molar-refractivity contribution in [2.24, 2.45) is 0 Å². The van der Waals surface area contributed by atoms with E-state index in [1.54, 1.807) is 7.05 Å². The van der Waals surface area contributed by atoms with Crippen LogP contribution in [0.5, 0.6) is 0 Å². The predicted octanol–water partition coefficient (Wildman–Crippen LogP) is 0.840. The van der Waals surface area contributed by atoms with Gasteiger partial charge in [-0.25, -0.2) is 8.78 Å². The van der Waals surface area contributed by atoms with Crippen LogP contribution >= 0.6 is 0 Å². The molecule has 1 N–H and O–H groups in total. The molecule has 0 aromatic carbocycles. The Kier molecular flexibility index (Phi) is 3.97. The van der Waals surface area contributed by atoms with E-state index >= 15 is 0 Å². The molecule has 2 unspecified atom stereocenters. The van der Waals surface area contributed by atoms with Gasteiger partial charge >= 0.3 is 0 Å². The van der Waals surface area contributed by atoms with E-state index in [1.165, 1.54) is 4.90 Å². The Morgan fingerprint density at radius 2 is 2.06 bits per heavy atom. The van der Waals surface area contributed by atoms with Crippen molar-refractivity contribution < 1.29 is 23.4 Å². The highest BCUT2D eigenvalue weighted by molar-refractivity contribution is 4.92. The van der Waals surface area contributed by atoms with Crippen LogP contribution in [0.4, 0.5) is 8.78 Å². The summed E-state index contributed by atoms with van der Waals surface area (Å²) in [5.74, 6) is -0.653. The van der Waals surface area contributed by atoms with Crippen LogP contribution in [0.3, 0.4) is 0 Å². The number of aliphatic hydroxyl groups excluding tert-OH is 1. The van der Waals surface area contributed by atoms with Gasteiger partial charge in [0.1, 0.15) is 0 Å². The Labute approximate surface area is 99.5 Å². The van der Waals surface area contributed by atoms with Gasteiger partial charge in [-0.15, -0.1) is 0 Å². The number of rotatable bonds is 3. The van der Waals surface area contributed by atoms with E-state index in [0.29, 0.717) is 32.5 Å². The first-order valence-corrected chi connectivity index (χ1v) is 5.97. The van der Waals surface area contributed by atoms with E-state index in [-0.39, 0.29) is 12.6 Å². The quantitative estimate of drug-likeness (QED) is 0.807. The van der Waals surface area contributed by atoms with E-state index in [0.717, 1.165) is 0 Å². The van der Waals surface area contributed by atoms with Gasteiger partial charge in [0.25, 0.3) is 6.43 Å². The molecule has 17 heavy (non-hydrogen) atoms. The summed E-state index contributed by atoms with van der Waals surface area (Å²) in [7, 11) is 1.61. The molecule has 2 fully saturated rings. The van der Waals surface area contributed by atoms with Crippen molar-refractivity contribution in [3.8, 4) is 0 Å². The molecule has 2 aliphatic rings. The van der Waals surface area contributed by atoms with Crippen molar-refractivity contribution in [1.29, 1.82) is 0 Å². The Morgan fingerprint density at radius 3 is 2.65 bits per heavy atom. The van der Waals surface area contributed by atoms with Crippen molar-refractivity contribution in [3.63, 3.8) is 0 Å². The molecule has 1 saturated carbocycles. The molecule has 0 bridgehead atoms. The van der Waals surface area contributed by atoms with Crippen LogP contribution in [0, 0.1) is 0 Å². The zero-order chi connectivity index (χ0) is 12.5. The number of halogens is 2. The highest BCUT2D eigenvalue weighted by Crippen LogP contribution is 2.37. The summed E-state index contributed by atoms with van der Waals surface area (Å²) in [5, 5.41) is 9.90. The fourth-order valence-electron chi connectivity index (χ4n) is 2.68. The number of hydrogen-bond acceptors (Lipinski definition) is 4. The van der Waals surface area contributed by atoms with Gasteiger partial charge in [-0.2, -0.15) is 0 Å². The van der Waals surface area contributed by atoms with Crippen LogP contribution in [0.15, 0.2) is 0 Å². The molecule has 1 saturated heterocycles. The molecule has 0 radical (unpaired) electrons. The average Bonchev–Trinajstić information content (AvgIpc) is 2.70. The summed E-state index contributed by atoms with van der Waals surface area (Å²) < 4.78 is 35.8. The smallest absolute Gasteiger partial charge is 0.251 e. The van der Waals surface area contributed by atoms with E-state index in [4.69, 9.17) is 9.47 Å². The molecular formula is C11H19F2NO3. The monoisotopic (exact) mass is 251 g/mol. The maximum Gasteiger partial charge on any atom is 0.251 e. The van der Waals surface area contributed by atoms with Crippen LogP contribution in [0.2, 0.25) is 0 Å². The SMILES string of the molecule is CN(CC(F)F)C1CC2(CCC1O)OCCO2. The first-order chi connectivity index (χ1) is 8.02. The lowest BCUT2D eigenvalue weighted by Gasteiger charge is -2.42.